The number of aromatic nitrogens is 2. The van der Waals surface area contributed by atoms with E-state index in [1.807, 2.05) is 10.8 Å². The highest BCUT2D eigenvalue weighted by Gasteiger charge is 2.29. The minimum Gasteiger partial charge on any atom is -0.327 e. The van der Waals surface area contributed by atoms with Gasteiger partial charge in [0.1, 0.15) is 0 Å². The van der Waals surface area contributed by atoms with Crippen molar-refractivity contribution in [2.45, 2.75) is 49.5 Å². The highest BCUT2D eigenvalue weighted by molar-refractivity contribution is 7.90. The standard InChI is InChI=1S/C19H24N2O3S/c1-25(23,24)17-9-7-15(8-10-17)13-18(21-12-11-20-14-21)19(22)16-5-3-2-4-6-16/h7-12,14,16,18H,2-6,13H2,1H3. The number of imidazole rings is 1. The molecule has 2 aromatic rings. The molecule has 1 unspecified atom stereocenters. The number of carbonyl (C=O) groups is 1. The van der Waals surface area contributed by atoms with Crippen LogP contribution >= 0.6 is 0 Å². The zero-order valence-corrected chi connectivity index (χ0v) is 15.3. The van der Waals surface area contributed by atoms with Crippen molar-refractivity contribution in [2.24, 2.45) is 5.92 Å². The van der Waals surface area contributed by atoms with Crippen LogP contribution in [-0.4, -0.2) is 30.0 Å². The molecule has 0 N–H and O–H groups in total. The van der Waals surface area contributed by atoms with Gasteiger partial charge in [-0.1, -0.05) is 31.4 Å². The first-order chi connectivity index (χ1) is 11.9. The average molecular weight is 360 g/mol. The molecule has 6 heteroatoms. The molecule has 0 amide bonds. The monoisotopic (exact) mass is 360 g/mol. The molecule has 5 nitrogen and oxygen atoms in total. The zero-order valence-electron chi connectivity index (χ0n) is 14.5. The molecule has 1 fully saturated rings. The van der Waals surface area contributed by atoms with Gasteiger partial charge in [0.05, 0.1) is 17.3 Å². The summed E-state index contributed by atoms with van der Waals surface area (Å²) in [6.45, 7) is 0. The molecule has 1 saturated carbocycles. The molecule has 0 spiro atoms. The number of carbonyl (C=O) groups excluding carboxylic acids is 1. The van der Waals surface area contributed by atoms with Crippen LogP contribution in [0.4, 0.5) is 0 Å². The number of sulfone groups is 1. The minimum atomic E-state index is -3.21. The van der Waals surface area contributed by atoms with Crippen LogP contribution in [0.1, 0.15) is 43.7 Å². The lowest BCUT2D eigenvalue weighted by atomic mass is 9.82. The smallest absolute Gasteiger partial charge is 0.175 e. The van der Waals surface area contributed by atoms with Gasteiger partial charge in [0, 0.05) is 31.0 Å². The number of ketones is 1. The number of hydrogen-bond donors (Lipinski definition) is 0. The summed E-state index contributed by atoms with van der Waals surface area (Å²) in [7, 11) is -3.21. The maximum absolute atomic E-state index is 13.1. The van der Waals surface area contributed by atoms with Gasteiger partial charge in [-0.3, -0.25) is 4.79 Å². The molecule has 3 rings (SSSR count). The number of Topliss-reactive ketones (excluding diaryl/α,β-unsaturated/α-hetero) is 1. The molecule has 1 heterocycles. The Bertz CT molecular complexity index is 805. The Labute approximate surface area is 149 Å². The Morgan fingerprint density at radius 2 is 1.88 bits per heavy atom. The summed E-state index contributed by atoms with van der Waals surface area (Å²) in [5.41, 5.74) is 0.954. The van der Waals surface area contributed by atoms with Crippen LogP contribution in [-0.2, 0) is 21.1 Å². The lowest BCUT2D eigenvalue weighted by Crippen LogP contribution is -2.29. The summed E-state index contributed by atoms with van der Waals surface area (Å²) in [4.78, 5) is 17.5. The molecular weight excluding hydrogens is 336 g/mol. The Hall–Kier alpha value is -1.95. The van der Waals surface area contributed by atoms with Crippen LogP contribution in [0.15, 0.2) is 47.9 Å². The average Bonchev–Trinajstić information content (AvgIpc) is 3.14. The van der Waals surface area contributed by atoms with E-state index in [2.05, 4.69) is 4.98 Å². The largest absolute Gasteiger partial charge is 0.327 e. The van der Waals surface area contributed by atoms with E-state index < -0.39 is 9.84 Å². The third-order valence-electron chi connectivity index (χ3n) is 5.00. The fraction of sp³-hybridized carbons (Fsp3) is 0.474. The highest BCUT2D eigenvalue weighted by Crippen LogP contribution is 2.30. The first kappa shape index (κ1) is 17.9. The fourth-order valence-electron chi connectivity index (χ4n) is 3.56. The van der Waals surface area contributed by atoms with Crippen LogP contribution in [0.25, 0.3) is 0 Å². The quantitative estimate of drug-likeness (QED) is 0.793. The Morgan fingerprint density at radius 3 is 2.44 bits per heavy atom. The second-order valence-electron chi connectivity index (χ2n) is 6.88. The van der Waals surface area contributed by atoms with Gasteiger partial charge in [0.2, 0.25) is 0 Å². The zero-order chi connectivity index (χ0) is 17.9. The molecule has 0 radical (unpaired) electrons. The normalized spacial score (nSPS) is 17.3. The van der Waals surface area contributed by atoms with E-state index in [0.717, 1.165) is 31.2 Å². The molecule has 25 heavy (non-hydrogen) atoms. The van der Waals surface area contributed by atoms with Crippen molar-refractivity contribution in [2.75, 3.05) is 6.26 Å². The van der Waals surface area contributed by atoms with Gasteiger partial charge in [0.15, 0.2) is 15.6 Å². The first-order valence-corrected chi connectivity index (χ1v) is 10.6. The summed E-state index contributed by atoms with van der Waals surface area (Å²) >= 11 is 0. The third-order valence-corrected chi connectivity index (χ3v) is 6.13. The van der Waals surface area contributed by atoms with E-state index in [1.165, 1.54) is 12.7 Å². The molecule has 0 saturated heterocycles. The summed E-state index contributed by atoms with van der Waals surface area (Å²) in [5.74, 6) is 0.390. The molecule has 1 aliphatic rings. The number of nitrogens with zero attached hydrogens (tertiary/aromatic N) is 2. The maximum atomic E-state index is 13.1. The molecule has 1 aromatic heterocycles. The SMILES string of the molecule is CS(=O)(=O)c1ccc(CC(C(=O)C2CCCCC2)n2ccnc2)cc1. The van der Waals surface area contributed by atoms with Gasteiger partial charge in [-0.05, 0) is 30.5 Å². The van der Waals surface area contributed by atoms with Crippen LogP contribution < -0.4 is 0 Å². The van der Waals surface area contributed by atoms with Crippen LogP contribution in [0.2, 0.25) is 0 Å². The Kier molecular flexibility index (Phi) is 5.37. The van der Waals surface area contributed by atoms with E-state index in [4.69, 9.17) is 0 Å². The summed E-state index contributed by atoms with van der Waals surface area (Å²) < 4.78 is 25.1. The second-order valence-corrected chi connectivity index (χ2v) is 8.90. The lowest BCUT2D eigenvalue weighted by Gasteiger charge is -2.26. The van der Waals surface area contributed by atoms with E-state index in [-0.39, 0.29) is 17.7 Å². The highest BCUT2D eigenvalue weighted by atomic mass is 32.2. The van der Waals surface area contributed by atoms with Crippen molar-refractivity contribution in [1.29, 1.82) is 0 Å². The van der Waals surface area contributed by atoms with Gasteiger partial charge in [-0.2, -0.15) is 0 Å². The topological polar surface area (TPSA) is 69.0 Å². The summed E-state index contributed by atoms with van der Waals surface area (Å²) in [5, 5.41) is 0. The summed E-state index contributed by atoms with van der Waals surface area (Å²) in [6, 6.07) is 6.54. The Balaban J connectivity index is 1.82. The number of benzene rings is 1. The van der Waals surface area contributed by atoms with E-state index in [0.29, 0.717) is 11.3 Å². The van der Waals surface area contributed by atoms with Gasteiger partial charge < -0.3 is 4.57 Å². The molecule has 1 aliphatic carbocycles. The first-order valence-electron chi connectivity index (χ1n) is 8.75. The van der Waals surface area contributed by atoms with Crippen molar-refractivity contribution in [3.8, 4) is 0 Å². The lowest BCUT2D eigenvalue weighted by molar-refractivity contribution is -0.127. The summed E-state index contributed by atoms with van der Waals surface area (Å²) in [6.07, 6.45) is 12.4. The predicted molar refractivity (Wildman–Crippen MR) is 96.1 cm³/mol. The number of hydrogen-bond acceptors (Lipinski definition) is 4. The molecule has 0 bridgehead atoms. The van der Waals surface area contributed by atoms with Crippen LogP contribution in [0, 0.1) is 5.92 Å². The molecular formula is C19H24N2O3S. The van der Waals surface area contributed by atoms with Crippen molar-refractivity contribution in [3.63, 3.8) is 0 Å². The molecule has 1 aromatic carbocycles. The van der Waals surface area contributed by atoms with Crippen molar-refractivity contribution in [1.82, 2.24) is 9.55 Å². The van der Waals surface area contributed by atoms with E-state index in [9.17, 15) is 13.2 Å². The molecule has 0 aliphatic heterocycles. The molecule has 1 atom stereocenters. The second kappa shape index (κ2) is 7.52. The van der Waals surface area contributed by atoms with Gasteiger partial charge >= 0.3 is 0 Å². The van der Waals surface area contributed by atoms with Crippen molar-refractivity contribution >= 4 is 15.6 Å². The van der Waals surface area contributed by atoms with Gasteiger partial charge in [-0.15, -0.1) is 0 Å². The van der Waals surface area contributed by atoms with Crippen molar-refractivity contribution < 1.29 is 13.2 Å². The number of rotatable bonds is 6. The van der Waals surface area contributed by atoms with E-state index in [1.54, 1.807) is 36.8 Å². The van der Waals surface area contributed by atoms with E-state index >= 15 is 0 Å². The van der Waals surface area contributed by atoms with Gasteiger partial charge in [0.25, 0.3) is 0 Å². The third kappa shape index (κ3) is 4.37. The minimum absolute atomic E-state index is 0.122. The van der Waals surface area contributed by atoms with Gasteiger partial charge in [-0.25, -0.2) is 13.4 Å². The fourth-order valence-corrected chi connectivity index (χ4v) is 4.19. The van der Waals surface area contributed by atoms with Crippen LogP contribution in [0.3, 0.4) is 0 Å². The predicted octanol–water partition coefficient (Wildman–Crippen LogP) is 3.22. The molecule has 134 valence electrons. The maximum Gasteiger partial charge on any atom is 0.175 e. The Morgan fingerprint density at radius 1 is 1.20 bits per heavy atom. The van der Waals surface area contributed by atoms with Crippen molar-refractivity contribution in [3.05, 3.63) is 48.5 Å². The van der Waals surface area contributed by atoms with Crippen LogP contribution in [0.5, 0.6) is 0 Å².